The Balaban J connectivity index is 1.78. The summed E-state index contributed by atoms with van der Waals surface area (Å²) in [7, 11) is -4.11. The summed E-state index contributed by atoms with van der Waals surface area (Å²) >= 11 is 0. The zero-order valence-electron chi connectivity index (χ0n) is 17.9. The predicted molar refractivity (Wildman–Crippen MR) is 123 cm³/mol. The van der Waals surface area contributed by atoms with E-state index < -0.39 is 16.2 Å². The molecule has 0 bridgehead atoms. The molecule has 0 amide bonds. The molecule has 2 N–H and O–H groups in total. The number of fused-ring (bicyclic) bond motifs is 1. The minimum Gasteiger partial charge on any atom is -0.463 e. The van der Waals surface area contributed by atoms with Crippen molar-refractivity contribution >= 4 is 27.8 Å². The zero-order chi connectivity index (χ0) is 23.4. The Morgan fingerprint density at radius 1 is 1.03 bits per heavy atom. The number of imidazole rings is 1. The van der Waals surface area contributed by atoms with E-state index in [-0.39, 0.29) is 43.8 Å². The van der Waals surface area contributed by atoms with Crippen molar-refractivity contribution in [1.29, 1.82) is 0 Å². The van der Waals surface area contributed by atoms with E-state index in [9.17, 15) is 13.2 Å². The first-order chi connectivity index (χ1) is 15.9. The summed E-state index contributed by atoms with van der Waals surface area (Å²) < 4.78 is 43.2. The second-order valence-electron chi connectivity index (χ2n) is 7.23. The number of carbonyl (C=O) groups is 1. The molecule has 0 atom stereocenters. The van der Waals surface area contributed by atoms with E-state index in [1.54, 1.807) is 4.57 Å². The number of amidine groups is 1. The molecular weight excluding hydrogens is 446 g/mol. The highest BCUT2D eigenvalue weighted by Gasteiger charge is 2.36. The molecule has 0 fully saturated rings. The SMILES string of the molecule is CC(=O)OCCOCn1c(-c2ccccc2)nc2c1N(Cc1ccccc1)S(=O)(=O)N=C2N. The largest absolute Gasteiger partial charge is 0.463 e. The van der Waals surface area contributed by atoms with Crippen LogP contribution < -0.4 is 10.0 Å². The summed E-state index contributed by atoms with van der Waals surface area (Å²) in [6.45, 7) is 1.51. The van der Waals surface area contributed by atoms with E-state index in [0.29, 0.717) is 5.82 Å². The molecule has 10 nitrogen and oxygen atoms in total. The third-order valence-electron chi connectivity index (χ3n) is 4.87. The van der Waals surface area contributed by atoms with Crippen LogP contribution >= 0.6 is 0 Å². The van der Waals surface area contributed by atoms with Gasteiger partial charge in [0.25, 0.3) is 0 Å². The third-order valence-corrected chi connectivity index (χ3v) is 6.15. The maximum absolute atomic E-state index is 13.0. The number of carbonyl (C=O) groups excluding carboxylic acids is 1. The molecule has 1 aliphatic rings. The summed E-state index contributed by atoms with van der Waals surface area (Å²) in [6.07, 6.45) is 0. The lowest BCUT2D eigenvalue weighted by Crippen LogP contribution is -2.38. The van der Waals surface area contributed by atoms with Crippen LogP contribution in [0.4, 0.5) is 5.82 Å². The summed E-state index contributed by atoms with van der Waals surface area (Å²) in [5.41, 5.74) is 7.79. The fourth-order valence-corrected chi connectivity index (χ4v) is 4.58. The standard InChI is InChI=1S/C22H23N5O5S/c1-16(28)32-13-12-31-15-26-21(18-10-6-3-7-11-18)24-19-20(23)25-33(29,30)27(22(19)26)14-17-8-4-2-5-9-17/h2-11H,12-15H2,1H3,(H2,23,25). The molecule has 172 valence electrons. The van der Waals surface area contributed by atoms with E-state index in [4.69, 9.17) is 15.2 Å². The van der Waals surface area contributed by atoms with Gasteiger partial charge in [-0.15, -0.1) is 4.40 Å². The van der Waals surface area contributed by atoms with Gasteiger partial charge < -0.3 is 15.2 Å². The molecule has 2 heterocycles. The Kier molecular flexibility index (Phi) is 6.43. The van der Waals surface area contributed by atoms with Gasteiger partial charge in [-0.1, -0.05) is 60.7 Å². The van der Waals surface area contributed by atoms with Crippen molar-refractivity contribution in [2.45, 2.75) is 20.2 Å². The molecule has 0 radical (unpaired) electrons. The van der Waals surface area contributed by atoms with Crippen LogP contribution in [0.25, 0.3) is 11.4 Å². The Hall–Kier alpha value is -3.70. The number of benzene rings is 2. The van der Waals surface area contributed by atoms with Crippen LogP contribution in [0.1, 0.15) is 18.2 Å². The summed E-state index contributed by atoms with van der Waals surface area (Å²) in [4.78, 5) is 15.6. The highest BCUT2D eigenvalue weighted by atomic mass is 32.2. The van der Waals surface area contributed by atoms with Gasteiger partial charge in [0.2, 0.25) is 0 Å². The molecule has 0 saturated carbocycles. The van der Waals surface area contributed by atoms with Crippen LogP contribution in [-0.4, -0.2) is 43.0 Å². The molecule has 3 aromatic rings. The van der Waals surface area contributed by atoms with Crippen LogP contribution in [-0.2, 0) is 37.8 Å². The first-order valence-electron chi connectivity index (χ1n) is 10.2. The molecule has 0 spiro atoms. The molecule has 33 heavy (non-hydrogen) atoms. The summed E-state index contributed by atoms with van der Waals surface area (Å²) in [6, 6.07) is 18.4. The monoisotopic (exact) mass is 469 g/mol. The maximum Gasteiger partial charge on any atom is 0.348 e. The van der Waals surface area contributed by atoms with E-state index in [1.807, 2.05) is 60.7 Å². The molecule has 1 aromatic heterocycles. The first kappa shape index (κ1) is 22.5. The molecule has 1 aliphatic heterocycles. The number of nitrogens with two attached hydrogens (primary N) is 1. The summed E-state index contributed by atoms with van der Waals surface area (Å²) in [5.74, 6) is 0.136. The van der Waals surface area contributed by atoms with Gasteiger partial charge in [0.05, 0.1) is 13.2 Å². The van der Waals surface area contributed by atoms with Gasteiger partial charge in [-0.05, 0) is 5.56 Å². The molecule has 2 aromatic carbocycles. The molecular formula is C22H23N5O5S. The normalized spacial score (nSPS) is 14.5. The number of hydrogen-bond donors (Lipinski definition) is 1. The van der Waals surface area contributed by atoms with Crippen molar-refractivity contribution in [1.82, 2.24) is 9.55 Å². The lowest BCUT2D eigenvalue weighted by Gasteiger charge is -2.27. The van der Waals surface area contributed by atoms with Crippen molar-refractivity contribution < 1.29 is 22.7 Å². The fraction of sp³-hybridized carbons (Fsp3) is 0.227. The Labute approximate surface area is 191 Å². The van der Waals surface area contributed by atoms with Crippen LogP contribution in [0.2, 0.25) is 0 Å². The Morgan fingerprint density at radius 3 is 2.36 bits per heavy atom. The average Bonchev–Trinajstić information content (AvgIpc) is 3.17. The highest BCUT2D eigenvalue weighted by molar-refractivity contribution is 7.91. The van der Waals surface area contributed by atoms with Crippen molar-refractivity contribution in [3.05, 3.63) is 71.9 Å². The van der Waals surface area contributed by atoms with Gasteiger partial charge in [0.1, 0.15) is 19.2 Å². The van der Waals surface area contributed by atoms with Gasteiger partial charge >= 0.3 is 16.2 Å². The smallest absolute Gasteiger partial charge is 0.348 e. The molecule has 11 heteroatoms. The Bertz CT molecular complexity index is 1270. The van der Waals surface area contributed by atoms with Crippen LogP contribution in [0, 0.1) is 0 Å². The minimum atomic E-state index is -4.11. The number of anilines is 1. The van der Waals surface area contributed by atoms with Crippen molar-refractivity contribution in [3.8, 4) is 11.4 Å². The first-order valence-corrected chi connectivity index (χ1v) is 11.6. The van der Waals surface area contributed by atoms with E-state index in [1.165, 1.54) is 11.2 Å². The number of ether oxygens (including phenoxy) is 2. The minimum absolute atomic E-state index is 0.0398. The van der Waals surface area contributed by atoms with Gasteiger partial charge in [-0.3, -0.25) is 9.36 Å². The van der Waals surface area contributed by atoms with E-state index in [0.717, 1.165) is 11.1 Å². The highest BCUT2D eigenvalue weighted by Crippen LogP contribution is 2.35. The number of esters is 1. The fourth-order valence-electron chi connectivity index (χ4n) is 3.43. The third kappa shape index (κ3) is 4.89. The zero-order valence-corrected chi connectivity index (χ0v) is 18.7. The predicted octanol–water partition coefficient (Wildman–Crippen LogP) is 2.06. The van der Waals surface area contributed by atoms with Crippen LogP contribution in [0.3, 0.4) is 0 Å². The van der Waals surface area contributed by atoms with Crippen molar-refractivity contribution in [2.75, 3.05) is 17.5 Å². The summed E-state index contributed by atoms with van der Waals surface area (Å²) in [5, 5.41) is 0. The average molecular weight is 470 g/mol. The molecule has 0 saturated heterocycles. The van der Waals surface area contributed by atoms with Gasteiger partial charge in [-0.2, -0.15) is 8.42 Å². The van der Waals surface area contributed by atoms with Gasteiger partial charge in [0, 0.05) is 12.5 Å². The number of rotatable bonds is 8. The molecule has 0 unspecified atom stereocenters. The Morgan fingerprint density at radius 2 is 1.70 bits per heavy atom. The van der Waals surface area contributed by atoms with E-state index >= 15 is 0 Å². The van der Waals surface area contributed by atoms with Crippen molar-refractivity contribution in [2.24, 2.45) is 10.1 Å². The molecule has 0 aliphatic carbocycles. The lowest BCUT2D eigenvalue weighted by molar-refractivity contribution is -0.142. The number of nitrogens with zero attached hydrogens (tertiary/aromatic N) is 4. The van der Waals surface area contributed by atoms with Gasteiger partial charge in [0.15, 0.2) is 17.3 Å². The topological polar surface area (TPSA) is 129 Å². The second kappa shape index (κ2) is 9.43. The van der Waals surface area contributed by atoms with Crippen LogP contribution in [0.15, 0.2) is 65.1 Å². The van der Waals surface area contributed by atoms with Crippen molar-refractivity contribution in [3.63, 3.8) is 0 Å². The molecule has 4 rings (SSSR count). The number of hydrogen-bond acceptors (Lipinski definition) is 7. The maximum atomic E-state index is 13.0. The lowest BCUT2D eigenvalue weighted by atomic mass is 10.2. The van der Waals surface area contributed by atoms with E-state index in [2.05, 4.69) is 9.38 Å². The van der Waals surface area contributed by atoms with Crippen LogP contribution in [0.5, 0.6) is 0 Å². The van der Waals surface area contributed by atoms with Gasteiger partial charge in [-0.25, -0.2) is 9.29 Å². The number of aromatic nitrogens is 2. The second-order valence-corrected chi connectivity index (χ2v) is 8.74. The quantitative estimate of drug-likeness (QED) is 0.395.